The molecule has 3 heteroatoms. The Bertz CT molecular complexity index is 465. The first-order valence-electron chi connectivity index (χ1n) is 7.61. The molecule has 0 aromatic heterocycles. The van der Waals surface area contributed by atoms with Crippen LogP contribution < -0.4 is 10.1 Å². The first-order chi connectivity index (χ1) is 9.54. The third-order valence-electron chi connectivity index (χ3n) is 4.41. The average Bonchev–Trinajstić information content (AvgIpc) is 2.44. The quantitative estimate of drug-likeness (QED) is 0.893. The van der Waals surface area contributed by atoms with Crippen molar-refractivity contribution in [1.82, 2.24) is 5.32 Å². The Morgan fingerprint density at radius 1 is 1.35 bits per heavy atom. The van der Waals surface area contributed by atoms with Crippen LogP contribution in [0.25, 0.3) is 0 Å². The summed E-state index contributed by atoms with van der Waals surface area (Å²) in [5.74, 6) is 2.22. The van der Waals surface area contributed by atoms with Crippen molar-refractivity contribution in [3.05, 3.63) is 27.8 Å². The zero-order valence-corrected chi connectivity index (χ0v) is 13.8. The van der Waals surface area contributed by atoms with Crippen molar-refractivity contribution in [3.63, 3.8) is 0 Å². The van der Waals surface area contributed by atoms with E-state index >= 15 is 0 Å². The van der Waals surface area contributed by atoms with Crippen molar-refractivity contribution >= 4 is 11.6 Å². The molecule has 112 valence electrons. The lowest BCUT2D eigenvalue weighted by molar-refractivity contribution is 0.358. The first kappa shape index (κ1) is 15.7. The fraction of sp³-hybridized carbons (Fsp3) is 0.647. The molecule has 0 aliphatic carbocycles. The highest BCUT2D eigenvalue weighted by Gasteiger charge is 2.21. The summed E-state index contributed by atoms with van der Waals surface area (Å²) in [6, 6.07) is 2.08. The third-order valence-corrected chi connectivity index (χ3v) is 4.80. The lowest BCUT2D eigenvalue weighted by atomic mass is 9.86. The number of methoxy groups -OCH3 is 1. The van der Waals surface area contributed by atoms with Crippen molar-refractivity contribution in [1.29, 1.82) is 0 Å². The molecule has 0 atom stereocenters. The van der Waals surface area contributed by atoms with Gasteiger partial charge in [0.05, 0.1) is 7.11 Å². The summed E-state index contributed by atoms with van der Waals surface area (Å²) in [5, 5.41) is 4.30. The Kier molecular flexibility index (Phi) is 5.34. The van der Waals surface area contributed by atoms with Gasteiger partial charge in [0.25, 0.3) is 0 Å². The van der Waals surface area contributed by atoms with Crippen LogP contribution in [-0.4, -0.2) is 20.2 Å². The number of ether oxygens (including phenoxy) is 1. The van der Waals surface area contributed by atoms with E-state index in [-0.39, 0.29) is 0 Å². The minimum atomic E-state index is 0.426. The number of halogens is 1. The number of benzene rings is 1. The van der Waals surface area contributed by atoms with Gasteiger partial charge in [0.2, 0.25) is 0 Å². The van der Waals surface area contributed by atoms with Crippen LogP contribution in [0.5, 0.6) is 5.75 Å². The summed E-state index contributed by atoms with van der Waals surface area (Å²) in [6.45, 7) is 8.76. The van der Waals surface area contributed by atoms with Gasteiger partial charge in [0, 0.05) is 5.02 Å². The van der Waals surface area contributed by atoms with Crippen molar-refractivity contribution in [2.24, 2.45) is 5.92 Å². The summed E-state index contributed by atoms with van der Waals surface area (Å²) in [5.41, 5.74) is 3.73. The van der Waals surface area contributed by atoms with Gasteiger partial charge in [-0.15, -0.1) is 0 Å². The molecule has 1 heterocycles. The SMILES string of the molecule is COc1c(C(C)C)cc(Cl)c(C)c1CC1CCNCC1. The van der Waals surface area contributed by atoms with Gasteiger partial charge in [-0.25, -0.2) is 0 Å². The second kappa shape index (κ2) is 6.82. The van der Waals surface area contributed by atoms with Crippen molar-refractivity contribution < 1.29 is 4.74 Å². The second-order valence-electron chi connectivity index (χ2n) is 6.14. The number of rotatable bonds is 4. The first-order valence-corrected chi connectivity index (χ1v) is 7.99. The lowest BCUT2D eigenvalue weighted by Crippen LogP contribution is -2.29. The molecule has 0 saturated carbocycles. The topological polar surface area (TPSA) is 21.3 Å². The predicted molar refractivity (Wildman–Crippen MR) is 86.1 cm³/mol. The minimum absolute atomic E-state index is 0.426. The number of nitrogens with one attached hydrogen (secondary N) is 1. The van der Waals surface area contributed by atoms with E-state index in [0.29, 0.717) is 5.92 Å². The molecular formula is C17H26ClNO. The van der Waals surface area contributed by atoms with Crippen LogP contribution in [0.15, 0.2) is 6.07 Å². The van der Waals surface area contributed by atoms with Gasteiger partial charge in [-0.2, -0.15) is 0 Å². The summed E-state index contributed by atoms with van der Waals surface area (Å²) in [4.78, 5) is 0. The van der Waals surface area contributed by atoms with Crippen LogP contribution in [0.2, 0.25) is 5.02 Å². The molecule has 1 N–H and O–H groups in total. The zero-order valence-electron chi connectivity index (χ0n) is 13.1. The molecule has 0 radical (unpaired) electrons. The monoisotopic (exact) mass is 295 g/mol. The molecule has 2 nitrogen and oxygen atoms in total. The third kappa shape index (κ3) is 3.29. The molecule has 1 aromatic carbocycles. The fourth-order valence-electron chi connectivity index (χ4n) is 3.09. The van der Waals surface area contributed by atoms with Crippen LogP contribution in [0.4, 0.5) is 0 Å². The maximum Gasteiger partial charge on any atom is 0.125 e. The molecule has 20 heavy (non-hydrogen) atoms. The Morgan fingerprint density at radius 3 is 2.55 bits per heavy atom. The molecule has 1 aliphatic rings. The number of piperidine rings is 1. The maximum absolute atomic E-state index is 6.44. The largest absolute Gasteiger partial charge is 0.496 e. The molecule has 0 amide bonds. The predicted octanol–water partition coefficient (Wildman–Crippen LogP) is 4.32. The molecule has 0 spiro atoms. The Balaban J connectivity index is 2.38. The molecular weight excluding hydrogens is 270 g/mol. The van der Waals surface area contributed by atoms with E-state index in [0.717, 1.165) is 36.2 Å². The second-order valence-corrected chi connectivity index (χ2v) is 6.54. The average molecular weight is 296 g/mol. The summed E-state index contributed by atoms with van der Waals surface area (Å²) < 4.78 is 5.74. The molecule has 1 saturated heterocycles. The number of hydrogen-bond acceptors (Lipinski definition) is 2. The van der Waals surface area contributed by atoms with E-state index in [9.17, 15) is 0 Å². The highest BCUT2D eigenvalue weighted by Crippen LogP contribution is 2.38. The van der Waals surface area contributed by atoms with Gasteiger partial charge in [-0.3, -0.25) is 0 Å². The highest BCUT2D eigenvalue weighted by molar-refractivity contribution is 6.31. The molecule has 0 bridgehead atoms. The van der Waals surface area contributed by atoms with Gasteiger partial charge in [-0.05, 0) is 73.9 Å². The molecule has 1 aromatic rings. The standard InChI is InChI=1S/C17H26ClNO/c1-11(2)14-10-16(18)12(3)15(17(14)20-4)9-13-5-7-19-8-6-13/h10-11,13,19H,5-9H2,1-4H3. The fourth-order valence-corrected chi connectivity index (χ4v) is 3.32. The normalized spacial score (nSPS) is 16.7. The summed E-state index contributed by atoms with van der Waals surface area (Å²) in [6.07, 6.45) is 3.56. The van der Waals surface area contributed by atoms with E-state index in [1.807, 2.05) is 0 Å². The van der Waals surface area contributed by atoms with Crippen LogP contribution >= 0.6 is 11.6 Å². The van der Waals surface area contributed by atoms with Crippen LogP contribution in [0.3, 0.4) is 0 Å². The van der Waals surface area contributed by atoms with Crippen LogP contribution in [0, 0.1) is 12.8 Å². The van der Waals surface area contributed by atoms with Crippen molar-refractivity contribution in [3.8, 4) is 5.75 Å². The Hall–Kier alpha value is -0.730. The van der Waals surface area contributed by atoms with Gasteiger partial charge in [-0.1, -0.05) is 25.4 Å². The van der Waals surface area contributed by atoms with E-state index in [2.05, 4.69) is 32.2 Å². The summed E-state index contributed by atoms with van der Waals surface area (Å²) in [7, 11) is 1.78. The molecule has 0 unspecified atom stereocenters. The maximum atomic E-state index is 6.44. The zero-order chi connectivity index (χ0) is 14.7. The van der Waals surface area contributed by atoms with E-state index in [4.69, 9.17) is 16.3 Å². The van der Waals surface area contributed by atoms with Crippen molar-refractivity contribution in [2.75, 3.05) is 20.2 Å². The van der Waals surface area contributed by atoms with Gasteiger partial charge in [0.15, 0.2) is 0 Å². The van der Waals surface area contributed by atoms with Crippen molar-refractivity contribution in [2.45, 2.75) is 46.0 Å². The van der Waals surface area contributed by atoms with E-state index in [1.54, 1.807) is 7.11 Å². The lowest BCUT2D eigenvalue weighted by Gasteiger charge is -2.26. The highest BCUT2D eigenvalue weighted by atomic mass is 35.5. The smallest absolute Gasteiger partial charge is 0.125 e. The minimum Gasteiger partial charge on any atom is -0.496 e. The number of hydrogen-bond donors (Lipinski definition) is 1. The van der Waals surface area contributed by atoms with Gasteiger partial charge in [0.1, 0.15) is 5.75 Å². The van der Waals surface area contributed by atoms with Gasteiger partial charge >= 0.3 is 0 Å². The van der Waals surface area contributed by atoms with Crippen LogP contribution in [0.1, 0.15) is 49.3 Å². The molecule has 1 fully saturated rings. The molecule has 2 rings (SSSR count). The van der Waals surface area contributed by atoms with Crippen LogP contribution in [-0.2, 0) is 6.42 Å². The Labute approximate surface area is 127 Å². The van der Waals surface area contributed by atoms with E-state index in [1.165, 1.54) is 29.5 Å². The van der Waals surface area contributed by atoms with Gasteiger partial charge < -0.3 is 10.1 Å². The van der Waals surface area contributed by atoms with E-state index < -0.39 is 0 Å². The molecule has 1 aliphatic heterocycles. The summed E-state index contributed by atoms with van der Waals surface area (Å²) >= 11 is 6.44. The Morgan fingerprint density at radius 2 is 2.00 bits per heavy atom.